The number of methoxy groups -OCH3 is 1. The molecule has 30 heavy (non-hydrogen) atoms. The summed E-state index contributed by atoms with van der Waals surface area (Å²) in [6, 6.07) is 0.0846. The van der Waals surface area contributed by atoms with Crippen LogP contribution in [0.1, 0.15) is 58.4 Å². The van der Waals surface area contributed by atoms with E-state index in [0.717, 1.165) is 43.2 Å². The number of hydrogen-bond donors (Lipinski definition) is 2. The fourth-order valence-corrected chi connectivity index (χ4v) is 7.13. The number of fused-ring (bicyclic) bond motifs is 2. The molecule has 1 amide bonds. The lowest BCUT2D eigenvalue weighted by Crippen LogP contribution is -2.53. The third-order valence-electron chi connectivity index (χ3n) is 7.74. The fraction of sp³-hybridized carbons (Fsp3) is 0.652. The minimum absolute atomic E-state index is 0.0846. The molecule has 4 fully saturated rings. The number of halogens is 1. The number of aliphatic hydroxyl groups is 1. The van der Waals surface area contributed by atoms with Crippen LogP contribution in [-0.4, -0.2) is 51.2 Å². The van der Waals surface area contributed by atoms with E-state index in [1.54, 1.807) is 13.3 Å². The molecule has 4 atom stereocenters. The molecular formula is C23H30ClN3O3. The SMILES string of the molecule is COc1cnc2[nH]cc(C(C)(C)C(=O)N3CC4CC5(C)CC3CC(O)(C4)C5)c2c1Cl. The monoisotopic (exact) mass is 431 g/mol. The first-order valence-electron chi connectivity index (χ1n) is 10.8. The van der Waals surface area contributed by atoms with Gasteiger partial charge < -0.3 is 19.7 Å². The van der Waals surface area contributed by atoms with Crippen LogP contribution < -0.4 is 4.74 Å². The Kier molecular flexibility index (Phi) is 4.27. The molecule has 162 valence electrons. The van der Waals surface area contributed by atoms with Gasteiger partial charge in [0.2, 0.25) is 5.91 Å². The summed E-state index contributed by atoms with van der Waals surface area (Å²) in [5.41, 5.74) is 0.186. The zero-order valence-electron chi connectivity index (χ0n) is 18.1. The molecule has 6 rings (SSSR count). The van der Waals surface area contributed by atoms with Crippen molar-refractivity contribution in [3.05, 3.63) is 23.0 Å². The number of carbonyl (C=O) groups excluding carboxylic acids is 1. The molecule has 4 bridgehead atoms. The average Bonchev–Trinajstić information content (AvgIpc) is 3.02. The second kappa shape index (κ2) is 6.36. The number of rotatable bonds is 3. The molecular weight excluding hydrogens is 402 g/mol. The molecule has 0 radical (unpaired) electrons. The maximum absolute atomic E-state index is 14.0. The fourth-order valence-electron chi connectivity index (χ4n) is 6.81. The molecule has 4 heterocycles. The van der Waals surface area contributed by atoms with E-state index in [9.17, 15) is 9.90 Å². The van der Waals surface area contributed by atoms with Crippen molar-refractivity contribution in [2.75, 3.05) is 13.7 Å². The van der Waals surface area contributed by atoms with E-state index < -0.39 is 11.0 Å². The van der Waals surface area contributed by atoms with E-state index in [1.165, 1.54) is 0 Å². The number of aromatic amines is 1. The predicted molar refractivity (Wildman–Crippen MR) is 116 cm³/mol. The van der Waals surface area contributed by atoms with Gasteiger partial charge in [-0.1, -0.05) is 18.5 Å². The highest BCUT2D eigenvalue weighted by Crippen LogP contribution is 2.56. The van der Waals surface area contributed by atoms with Gasteiger partial charge >= 0.3 is 0 Å². The third kappa shape index (κ3) is 2.87. The number of pyridine rings is 1. The minimum atomic E-state index is -0.791. The number of carbonyl (C=O) groups is 1. The Morgan fingerprint density at radius 3 is 2.83 bits per heavy atom. The molecule has 6 nitrogen and oxygen atoms in total. The lowest BCUT2D eigenvalue weighted by atomic mass is 9.58. The van der Waals surface area contributed by atoms with Crippen molar-refractivity contribution in [2.45, 2.75) is 69.9 Å². The topological polar surface area (TPSA) is 78.5 Å². The van der Waals surface area contributed by atoms with Crippen LogP contribution in [0.4, 0.5) is 0 Å². The van der Waals surface area contributed by atoms with Gasteiger partial charge in [-0.05, 0) is 62.8 Å². The van der Waals surface area contributed by atoms with Crippen LogP contribution in [0, 0.1) is 11.3 Å². The zero-order chi connectivity index (χ0) is 21.5. The van der Waals surface area contributed by atoms with Crippen LogP contribution in [-0.2, 0) is 10.2 Å². The van der Waals surface area contributed by atoms with E-state index in [-0.39, 0.29) is 17.4 Å². The minimum Gasteiger partial charge on any atom is -0.494 e. The number of ether oxygens (including phenoxy) is 1. The molecule has 0 aromatic carbocycles. The summed E-state index contributed by atoms with van der Waals surface area (Å²) in [6.45, 7) is 6.93. The van der Waals surface area contributed by atoms with Crippen molar-refractivity contribution in [3.63, 3.8) is 0 Å². The van der Waals surface area contributed by atoms with Crippen LogP contribution in [0.15, 0.2) is 12.4 Å². The summed E-state index contributed by atoms with van der Waals surface area (Å²) in [5.74, 6) is 0.941. The smallest absolute Gasteiger partial charge is 0.233 e. The number of H-pyrrole nitrogens is 1. The van der Waals surface area contributed by atoms with Crippen molar-refractivity contribution in [1.29, 1.82) is 0 Å². The van der Waals surface area contributed by atoms with Crippen molar-refractivity contribution in [2.24, 2.45) is 11.3 Å². The number of aromatic nitrogens is 2. The maximum atomic E-state index is 14.0. The van der Waals surface area contributed by atoms with E-state index in [0.29, 0.717) is 28.8 Å². The van der Waals surface area contributed by atoms with Gasteiger partial charge in [0, 0.05) is 24.2 Å². The Morgan fingerprint density at radius 2 is 2.13 bits per heavy atom. The molecule has 2 saturated carbocycles. The molecule has 2 N–H and O–H groups in total. The van der Waals surface area contributed by atoms with Gasteiger partial charge in [0.25, 0.3) is 0 Å². The molecule has 2 aromatic rings. The van der Waals surface area contributed by atoms with E-state index in [1.807, 2.05) is 20.0 Å². The Labute approximate surface area is 181 Å². The quantitative estimate of drug-likeness (QED) is 0.768. The third-order valence-corrected chi connectivity index (χ3v) is 8.12. The molecule has 7 heteroatoms. The number of amides is 1. The molecule has 4 aliphatic rings. The second-order valence-corrected chi connectivity index (χ2v) is 11.1. The molecule has 2 aliphatic heterocycles. The van der Waals surface area contributed by atoms with E-state index in [2.05, 4.69) is 21.8 Å². The molecule has 2 saturated heterocycles. The Bertz CT molecular complexity index is 1010. The number of nitrogens with zero attached hydrogens (tertiary/aromatic N) is 2. The Morgan fingerprint density at radius 1 is 1.37 bits per heavy atom. The first kappa shape index (κ1) is 20.1. The van der Waals surface area contributed by atoms with Gasteiger partial charge in [-0.2, -0.15) is 0 Å². The zero-order valence-corrected chi connectivity index (χ0v) is 18.8. The van der Waals surface area contributed by atoms with Crippen molar-refractivity contribution in [1.82, 2.24) is 14.9 Å². The normalized spacial score (nSPS) is 33.2. The maximum Gasteiger partial charge on any atom is 0.233 e. The average molecular weight is 432 g/mol. The van der Waals surface area contributed by atoms with Crippen LogP contribution in [0.2, 0.25) is 5.02 Å². The highest BCUT2D eigenvalue weighted by atomic mass is 35.5. The van der Waals surface area contributed by atoms with E-state index >= 15 is 0 Å². The van der Waals surface area contributed by atoms with Crippen LogP contribution in [0.25, 0.3) is 11.0 Å². The van der Waals surface area contributed by atoms with Crippen molar-refractivity contribution >= 4 is 28.5 Å². The Balaban J connectivity index is 1.54. The van der Waals surface area contributed by atoms with Crippen LogP contribution in [0.5, 0.6) is 5.75 Å². The standard InChI is InChI=1S/C23H30ClN3O3/c1-21(2,15-9-25-19-17(15)18(24)16(30-4)10-26-19)20(28)27-11-13-5-22(3)7-14(27)8-23(29,6-13)12-22/h9-10,13-14,29H,5-8,11-12H2,1-4H3,(H,25,26). The lowest BCUT2D eigenvalue weighted by Gasteiger charge is -2.51. The summed E-state index contributed by atoms with van der Waals surface area (Å²) in [7, 11) is 1.56. The second-order valence-electron chi connectivity index (χ2n) is 10.7. The van der Waals surface area contributed by atoms with Crippen LogP contribution in [0.3, 0.4) is 0 Å². The predicted octanol–water partition coefficient (Wildman–Crippen LogP) is 4.04. The number of nitrogens with one attached hydrogen (secondary N) is 1. The van der Waals surface area contributed by atoms with Gasteiger partial charge in [0.05, 0.1) is 29.3 Å². The molecule has 0 spiro atoms. The largest absolute Gasteiger partial charge is 0.494 e. The summed E-state index contributed by atoms with van der Waals surface area (Å²) in [5, 5.41) is 12.4. The van der Waals surface area contributed by atoms with Crippen molar-refractivity contribution < 1.29 is 14.6 Å². The summed E-state index contributed by atoms with van der Waals surface area (Å²) in [6.07, 6.45) is 7.85. The van der Waals surface area contributed by atoms with Gasteiger partial charge in [-0.15, -0.1) is 0 Å². The first-order valence-corrected chi connectivity index (χ1v) is 11.2. The molecule has 2 aliphatic carbocycles. The first-order chi connectivity index (χ1) is 14.1. The lowest BCUT2D eigenvalue weighted by molar-refractivity contribution is -0.141. The van der Waals surface area contributed by atoms with Crippen LogP contribution >= 0.6 is 11.6 Å². The van der Waals surface area contributed by atoms with Gasteiger partial charge in [-0.3, -0.25) is 4.79 Å². The molecule has 4 unspecified atom stereocenters. The van der Waals surface area contributed by atoms with E-state index in [4.69, 9.17) is 16.3 Å². The number of hydrogen-bond acceptors (Lipinski definition) is 4. The summed E-state index contributed by atoms with van der Waals surface area (Å²) in [4.78, 5) is 23.6. The van der Waals surface area contributed by atoms with Gasteiger partial charge in [0.1, 0.15) is 5.65 Å². The highest BCUT2D eigenvalue weighted by Gasteiger charge is 2.56. The molecule has 2 aromatic heterocycles. The summed E-state index contributed by atoms with van der Waals surface area (Å²) >= 11 is 6.62. The van der Waals surface area contributed by atoms with Gasteiger partial charge in [-0.25, -0.2) is 4.98 Å². The van der Waals surface area contributed by atoms with Crippen molar-refractivity contribution in [3.8, 4) is 5.75 Å². The van der Waals surface area contributed by atoms with Gasteiger partial charge in [0.15, 0.2) is 5.75 Å². The summed E-state index contributed by atoms with van der Waals surface area (Å²) < 4.78 is 5.35. The highest BCUT2D eigenvalue weighted by molar-refractivity contribution is 6.37. The Hall–Kier alpha value is -1.79.